The molecule has 0 bridgehead atoms. The smallest absolute Gasteiger partial charge is 0.233 e. The molecule has 0 spiro atoms. The standard InChI is InChI=1S/C20H24N4O2S2/c1-3-8-17(15-9-5-4-6-10-15)22-18(25)14(2)27-20-24-23-19(28-20)21-13-16-11-7-12-26-16/h4-7,9-12,14,17H,3,8,13H2,1-2H3,(H,21,23)(H,22,25)/t14-,17+/m1/s1. The summed E-state index contributed by atoms with van der Waals surface area (Å²) < 4.78 is 6.05. The van der Waals surface area contributed by atoms with E-state index in [1.807, 2.05) is 37.3 Å². The molecular weight excluding hydrogens is 392 g/mol. The second-order valence-electron chi connectivity index (χ2n) is 6.33. The van der Waals surface area contributed by atoms with Crippen molar-refractivity contribution in [3.05, 3.63) is 60.1 Å². The summed E-state index contributed by atoms with van der Waals surface area (Å²) >= 11 is 2.85. The maximum absolute atomic E-state index is 12.7. The van der Waals surface area contributed by atoms with E-state index in [0.29, 0.717) is 11.7 Å². The van der Waals surface area contributed by atoms with Crippen LogP contribution in [0.2, 0.25) is 0 Å². The highest BCUT2D eigenvalue weighted by molar-refractivity contribution is 8.02. The largest absolute Gasteiger partial charge is 0.467 e. The van der Waals surface area contributed by atoms with Crippen LogP contribution in [0.25, 0.3) is 0 Å². The van der Waals surface area contributed by atoms with Crippen molar-refractivity contribution in [3.63, 3.8) is 0 Å². The number of thioether (sulfide) groups is 1. The highest BCUT2D eigenvalue weighted by Gasteiger charge is 2.21. The molecule has 148 valence electrons. The number of nitrogens with zero attached hydrogens (tertiary/aromatic N) is 2. The van der Waals surface area contributed by atoms with Crippen LogP contribution in [0.5, 0.6) is 0 Å². The third-order valence-electron chi connectivity index (χ3n) is 4.14. The van der Waals surface area contributed by atoms with E-state index in [1.54, 1.807) is 6.26 Å². The monoisotopic (exact) mass is 416 g/mol. The topological polar surface area (TPSA) is 80.0 Å². The normalized spacial score (nSPS) is 13.1. The van der Waals surface area contributed by atoms with Gasteiger partial charge in [-0.15, -0.1) is 10.2 Å². The minimum Gasteiger partial charge on any atom is -0.467 e. The summed E-state index contributed by atoms with van der Waals surface area (Å²) in [5, 5.41) is 15.1. The van der Waals surface area contributed by atoms with E-state index in [2.05, 4.69) is 39.9 Å². The lowest BCUT2D eigenvalue weighted by atomic mass is 10.0. The van der Waals surface area contributed by atoms with Crippen molar-refractivity contribution in [2.24, 2.45) is 0 Å². The number of furan rings is 1. The van der Waals surface area contributed by atoms with Crippen LogP contribution in [0.15, 0.2) is 57.5 Å². The molecule has 8 heteroatoms. The zero-order valence-electron chi connectivity index (χ0n) is 15.9. The molecule has 0 unspecified atom stereocenters. The Bertz CT molecular complexity index is 852. The maximum atomic E-state index is 12.7. The molecule has 1 amide bonds. The molecule has 0 aliphatic carbocycles. The average molecular weight is 417 g/mol. The van der Waals surface area contributed by atoms with Crippen molar-refractivity contribution in [1.82, 2.24) is 15.5 Å². The highest BCUT2D eigenvalue weighted by atomic mass is 32.2. The van der Waals surface area contributed by atoms with Crippen molar-refractivity contribution in [2.45, 2.75) is 48.9 Å². The molecule has 1 aromatic carbocycles. The molecule has 0 saturated carbocycles. The summed E-state index contributed by atoms with van der Waals surface area (Å²) in [7, 11) is 0. The lowest BCUT2D eigenvalue weighted by Crippen LogP contribution is -2.34. The highest BCUT2D eigenvalue weighted by Crippen LogP contribution is 2.30. The van der Waals surface area contributed by atoms with Crippen LogP contribution in [-0.2, 0) is 11.3 Å². The number of hydrogen-bond acceptors (Lipinski definition) is 7. The number of aromatic nitrogens is 2. The molecule has 2 aromatic heterocycles. The number of carbonyl (C=O) groups is 1. The Morgan fingerprint density at radius 3 is 2.75 bits per heavy atom. The summed E-state index contributed by atoms with van der Waals surface area (Å²) in [6.45, 7) is 4.57. The maximum Gasteiger partial charge on any atom is 0.233 e. The van der Waals surface area contributed by atoms with Crippen molar-refractivity contribution >= 4 is 34.1 Å². The first-order chi connectivity index (χ1) is 13.7. The third kappa shape index (κ3) is 5.84. The number of anilines is 1. The van der Waals surface area contributed by atoms with E-state index in [-0.39, 0.29) is 17.2 Å². The van der Waals surface area contributed by atoms with Gasteiger partial charge in [-0.1, -0.05) is 66.8 Å². The van der Waals surface area contributed by atoms with Crippen molar-refractivity contribution in [1.29, 1.82) is 0 Å². The Morgan fingerprint density at radius 1 is 1.21 bits per heavy atom. The molecule has 0 saturated heterocycles. The van der Waals surface area contributed by atoms with Crippen LogP contribution in [0.1, 0.15) is 44.1 Å². The van der Waals surface area contributed by atoms with Gasteiger partial charge in [0.2, 0.25) is 11.0 Å². The quantitative estimate of drug-likeness (QED) is 0.459. The Kier molecular flexibility index (Phi) is 7.50. The molecule has 3 aromatic rings. The first-order valence-electron chi connectivity index (χ1n) is 9.27. The Labute approximate surface area is 173 Å². The van der Waals surface area contributed by atoms with Crippen LogP contribution in [0.3, 0.4) is 0 Å². The van der Waals surface area contributed by atoms with Gasteiger partial charge in [-0.2, -0.15) is 0 Å². The van der Waals surface area contributed by atoms with Crippen LogP contribution < -0.4 is 10.6 Å². The third-order valence-corrected chi connectivity index (χ3v) is 6.21. The Hall–Kier alpha value is -2.32. The lowest BCUT2D eigenvalue weighted by molar-refractivity contribution is -0.121. The van der Waals surface area contributed by atoms with Crippen LogP contribution in [0.4, 0.5) is 5.13 Å². The number of benzene rings is 1. The molecule has 0 radical (unpaired) electrons. The van der Waals surface area contributed by atoms with Gasteiger partial charge >= 0.3 is 0 Å². The molecular formula is C20H24N4O2S2. The van der Waals surface area contributed by atoms with Gasteiger partial charge in [-0.25, -0.2) is 0 Å². The van der Waals surface area contributed by atoms with Crippen LogP contribution in [0, 0.1) is 0 Å². The fourth-order valence-corrected chi connectivity index (χ4v) is 4.60. The van der Waals surface area contributed by atoms with Gasteiger partial charge in [0.15, 0.2) is 4.34 Å². The second-order valence-corrected chi connectivity index (χ2v) is 8.89. The second kappa shape index (κ2) is 10.3. The minimum atomic E-state index is -0.256. The number of amides is 1. The molecule has 6 nitrogen and oxygen atoms in total. The van der Waals surface area contributed by atoms with E-state index in [0.717, 1.165) is 28.5 Å². The number of nitrogens with one attached hydrogen (secondary N) is 2. The zero-order chi connectivity index (χ0) is 19.8. The van der Waals surface area contributed by atoms with Crippen molar-refractivity contribution in [2.75, 3.05) is 5.32 Å². The van der Waals surface area contributed by atoms with Gasteiger partial charge in [0.25, 0.3) is 0 Å². The van der Waals surface area contributed by atoms with E-state index >= 15 is 0 Å². The summed E-state index contributed by atoms with van der Waals surface area (Å²) in [5.41, 5.74) is 1.13. The molecule has 2 N–H and O–H groups in total. The number of hydrogen-bond donors (Lipinski definition) is 2. The molecule has 0 aliphatic rings. The Morgan fingerprint density at radius 2 is 2.04 bits per heavy atom. The van der Waals surface area contributed by atoms with Gasteiger partial charge in [0, 0.05) is 0 Å². The number of rotatable bonds is 10. The molecule has 2 heterocycles. The van der Waals surface area contributed by atoms with E-state index in [9.17, 15) is 4.79 Å². The SMILES string of the molecule is CCC[C@H](NC(=O)[C@@H](C)Sc1nnc(NCc2ccco2)s1)c1ccccc1. The molecule has 0 fully saturated rings. The van der Waals surface area contributed by atoms with Crippen molar-refractivity contribution < 1.29 is 9.21 Å². The molecule has 28 heavy (non-hydrogen) atoms. The molecule has 0 aliphatic heterocycles. The van der Waals surface area contributed by atoms with Gasteiger partial charge in [0.1, 0.15) is 5.76 Å². The van der Waals surface area contributed by atoms with Crippen LogP contribution in [-0.4, -0.2) is 21.4 Å². The molecule has 2 atom stereocenters. The van der Waals surface area contributed by atoms with Gasteiger partial charge in [-0.05, 0) is 31.0 Å². The summed E-state index contributed by atoms with van der Waals surface area (Å²) in [4.78, 5) is 12.7. The summed E-state index contributed by atoms with van der Waals surface area (Å²) in [6, 6.07) is 13.9. The lowest BCUT2D eigenvalue weighted by Gasteiger charge is -2.20. The zero-order valence-corrected chi connectivity index (χ0v) is 17.6. The molecule has 3 rings (SSSR count). The fourth-order valence-electron chi connectivity index (χ4n) is 2.69. The van der Waals surface area contributed by atoms with E-state index in [4.69, 9.17) is 4.42 Å². The van der Waals surface area contributed by atoms with Crippen molar-refractivity contribution in [3.8, 4) is 0 Å². The first kappa shape index (κ1) is 20.4. The summed E-state index contributed by atoms with van der Waals surface area (Å²) in [5.74, 6) is 0.840. The summed E-state index contributed by atoms with van der Waals surface area (Å²) in [6.07, 6.45) is 3.55. The minimum absolute atomic E-state index is 0.00704. The number of carbonyl (C=O) groups excluding carboxylic acids is 1. The van der Waals surface area contributed by atoms with Gasteiger partial charge in [0.05, 0.1) is 24.1 Å². The fraction of sp³-hybridized carbons (Fsp3) is 0.350. The Balaban J connectivity index is 1.53. The van der Waals surface area contributed by atoms with E-state index < -0.39 is 0 Å². The average Bonchev–Trinajstić information content (AvgIpc) is 3.38. The van der Waals surface area contributed by atoms with Gasteiger partial charge < -0.3 is 15.1 Å². The van der Waals surface area contributed by atoms with Crippen LogP contribution >= 0.6 is 23.1 Å². The van der Waals surface area contributed by atoms with Gasteiger partial charge in [-0.3, -0.25) is 4.79 Å². The van der Waals surface area contributed by atoms with E-state index in [1.165, 1.54) is 23.1 Å². The predicted octanol–water partition coefficient (Wildman–Crippen LogP) is 4.88. The first-order valence-corrected chi connectivity index (χ1v) is 11.0. The predicted molar refractivity (Wildman–Crippen MR) is 113 cm³/mol.